The number of nitriles is 1. The fourth-order valence-electron chi connectivity index (χ4n) is 6.40. The van der Waals surface area contributed by atoms with E-state index in [2.05, 4.69) is 124 Å². The van der Waals surface area contributed by atoms with E-state index in [1.54, 1.807) is 76.4 Å². The van der Waals surface area contributed by atoms with Crippen molar-refractivity contribution in [1.82, 2.24) is 83.8 Å². The van der Waals surface area contributed by atoms with Crippen LogP contribution in [0, 0.1) is 55.9 Å². The quantitative estimate of drug-likeness (QED) is 0.0672. The van der Waals surface area contributed by atoms with Crippen LogP contribution in [-0.4, -0.2) is 83.8 Å². The third-order valence-corrected chi connectivity index (χ3v) is 10.2. The van der Waals surface area contributed by atoms with Crippen molar-refractivity contribution >= 4 is 5.82 Å². The molecule has 0 unspecified atom stereocenters. The Hall–Kier alpha value is -6.49. The van der Waals surface area contributed by atoms with Crippen LogP contribution in [0.3, 0.4) is 0 Å². The van der Waals surface area contributed by atoms with Gasteiger partial charge in [0.25, 0.3) is 0 Å². The second-order valence-corrected chi connectivity index (χ2v) is 17.2. The summed E-state index contributed by atoms with van der Waals surface area (Å²) in [5.74, 6) is 2.99. The first-order valence-corrected chi connectivity index (χ1v) is 23.8. The number of alkyl halides is 5. The fraction of sp³-hybridized carbons (Fsp3) is 0.259. The Morgan fingerprint density at radius 2 is 1.27 bits per heavy atom. The molecule has 0 saturated heterocycles. The number of aromatic nitrogens is 17. The van der Waals surface area contributed by atoms with Crippen LogP contribution in [0.1, 0.15) is 86.5 Å². The van der Waals surface area contributed by atoms with Gasteiger partial charge in [-0.3, -0.25) is 45.2 Å². The average molecular weight is 1930 g/mol. The number of pyridine rings is 4. The van der Waals surface area contributed by atoms with Crippen LogP contribution >= 0.6 is 0 Å². The molecular formula is C54H49F5Ir4N19Rh-5. The van der Waals surface area contributed by atoms with E-state index in [1.807, 2.05) is 50.2 Å². The molecule has 445 valence electrons. The molecule has 19 nitrogen and oxygen atoms in total. The van der Waals surface area contributed by atoms with Gasteiger partial charge in [-0.25, -0.2) is 23.7 Å². The molecule has 0 N–H and O–H groups in total. The summed E-state index contributed by atoms with van der Waals surface area (Å²) >= 11 is 0. The van der Waals surface area contributed by atoms with Gasteiger partial charge in [0.2, 0.25) is 0 Å². The van der Waals surface area contributed by atoms with Gasteiger partial charge in [-0.2, -0.15) is 18.4 Å². The number of aryl methyl sites for hydroxylation is 3. The number of hydrogen-bond acceptors (Lipinski definition) is 13. The molecule has 0 bridgehead atoms. The fourth-order valence-corrected chi connectivity index (χ4v) is 6.40. The van der Waals surface area contributed by atoms with E-state index in [0.717, 1.165) is 52.7 Å². The summed E-state index contributed by atoms with van der Waals surface area (Å²) in [6, 6.07) is 28.9. The molecule has 10 rings (SSSR count). The molecule has 10 aromatic heterocycles. The van der Waals surface area contributed by atoms with Gasteiger partial charge >= 0.3 is 12.0 Å². The molecule has 0 amide bonds. The Balaban J connectivity index is 0.000000513. The first-order chi connectivity index (χ1) is 37.5. The van der Waals surface area contributed by atoms with Crippen LogP contribution in [0.15, 0.2) is 116 Å². The zero-order valence-electron chi connectivity index (χ0n) is 44.8. The van der Waals surface area contributed by atoms with E-state index in [1.165, 1.54) is 21.6 Å². The second kappa shape index (κ2) is 37.0. The smallest absolute Gasteiger partial charge is 0.388 e. The maximum Gasteiger partial charge on any atom is 0.388 e. The number of rotatable bonds is 11. The largest absolute Gasteiger partial charge is 0.435 e. The summed E-state index contributed by atoms with van der Waals surface area (Å²) in [7, 11) is 0. The van der Waals surface area contributed by atoms with Crippen molar-refractivity contribution < 1.29 is 122 Å². The molecule has 0 atom stereocenters. The van der Waals surface area contributed by atoms with Crippen LogP contribution in [0.2, 0.25) is 0 Å². The molecule has 83 heavy (non-hydrogen) atoms. The molecule has 10 aromatic rings. The minimum atomic E-state index is -4.51. The summed E-state index contributed by atoms with van der Waals surface area (Å²) < 4.78 is 69.2. The summed E-state index contributed by atoms with van der Waals surface area (Å²) in [6.45, 7) is 18.0. The van der Waals surface area contributed by atoms with Crippen molar-refractivity contribution in [2.24, 2.45) is 0 Å². The van der Waals surface area contributed by atoms with Gasteiger partial charge in [-0.15, -0.1) is 18.2 Å². The average Bonchev–Trinajstić information content (AvgIpc) is 4.40. The summed E-state index contributed by atoms with van der Waals surface area (Å²) in [4.78, 5) is 28.3. The van der Waals surface area contributed by atoms with Gasteiger partial charge in [-0.1, -0.05) is 122 Å². The predicted octanol–water partition coefficient (Wildman–Crippen LogP) is 9.81. The molecule has 29 heteroatoms. The Kier molecular flexibility index (Phi) is 33.2. The molecule has 0 fully saturated rings. The monoisotopic (exact) mass is 1930 g/mol. The first-order valence-electron chi connectivity index (χ1n) is 23.8. The van der Waals surface area contributed by atoms with Crippen molar-refractivity contribution in [3.8, 4) is 35.3 Å². The maximum atomic E-state index is 12.9. The van der Waals surface area contributed by atoms with E-state index in [9.17, 15) is 22.0 Å². The van der Waals surface area contributed by atoms with E-state index >= 15 is 0 Å². The first kappa shape index (κ1) is 74.5. The van der Waals surface area contributed by atoms with Crippen molar-refractivity contribution in [2.75, 3.05) is 0 Å². The van der Waals surface area contributed by atoms with Gasteiger partial charge < -0.3 is 23.5 Å². The zero-order valence-corrected chi connectivity index (χ0v) is 56.0. The molecule has 0 spiro atoms. The van der Waals surface area contributed by atoms with Gasteiger partial charge in [0.15, 0.2) is 0 Å². The standard InChI is InChI=1S/C14H17FN3.C11H6F3N4.C11H9N4.C10H11N4.C8H6FN4.4Ir.Rh/c1-10-5-6-18(17-10)13-8-11(14(2,3)4)7-12(9-15)16-13;12-11(13,14)9-5-7-18(17-9)10-3-1-2-8(16-10)4-6-15;1-3-9-5-4-6-11(13-9)15-8-7-10(12-2)14-15;1-2-4-9-5-7-11-10(13-9)14-8-3-6-12-14;9-4-7-2-1-3-8(12-7)13-5-10-11-6-13;;;;;/h5,7-8H,9H2,1-4H3;1-3,5H,4H2;4-7H,3H2,1H3;3,5-7H,2,4H2,1H3;1-3,5H,4H2;;;;;/q5*-1;;;;;. The molecule has 0 aromatic carbocycles. The molecule has 5 radical (unpaired) electrons. The molecule has 0 aliphatic heterocycles. The van der Waals surface area contributed by atoms with Crippen LogP contribution in [0.25, 0.3) is 34.1 Å². The second-order valence-electron chi connectivity index (χ2n) is 17.2. The normalized spacial score (nSPS) is 10.1. The van der Waals surface area contributed by atoms with E-state index < -0.39 is 25.2 Å². The molecule has 0 aliphatic rings. The van der Waals surface area contributed by atoms with Crippen molar-refractivity contribution in [3.05, 3.63) is 204 Å². The van der Waals surface area contributed by atoms with Crippen LogP contribution in [0.4, 0.5) is 27.8 Å². The number of nitrogens with zero attached hydrogens (tertiary/aromatic N) is 19. The number of halogens is 5. The van der Waals surface area contributed by atoms with Crippen molar-refractivity contribution in [1.29, 1.82) is 5.26 Å². The Bertz CT molecular complexity index is 3540. The minimum absolute atomic E-state index is 0. The SMILES string of the molecule is CCCc1ccnc(-n2[c-]ccn2)n1.Cc1c[c-]n(-c2cc(C(C)(C)C)cc(CF)n2)n1.FCc1cccc(-n2[c-]nnc2)n1.N#CCc1cccc(-n2[c-]cc(C(F)(F)F)n2)n1.[C-]#[N+]c1c[c-]n(-c2cccc(CC)n2)n1.[Ir].[Ir].[Ir].[Ir].[Rh]. The topological polar surface area (TPSA) is 207 Å². The van der Waals surface area contributed by atoms with Crippen molar-refractivity contribution in [2.45, 2.75) is 92.2 Å². The summed E-state index contributed by atoms with van der Waals surface area (Å²) in [5, 5.41) is 31.3. The van der Waals surface area contributed by atoms with Gasteiger partial charge in [-0.05, 0) is 77.2 Å². The number of hydrogen-bond donors (Lipinski definition) is 0. The van der Waals surface area contributed by atoms with Gasteiger partial charge in [0.05, 0.1) is 47.0 Å². The molecule has 0 aliphatic carbocycles. The third-order valence-electron chi connectivity index (χ3n) is 10.2. The molecule has 10 heterocycles. The molecular weight excluding hydrogens is 1880 g/mol. The Morgan fingerprint density at radius 3 is 1.81 bits per heavy atom. The Labute approximate surface area is 543 Å². The zero-order chi connectivity index (χ0) is 56.1. The predicted molar refractivity (Wildman–Crippen MR) is 274 cm³/mol. The summed E-state index contributed by atoms with van der Waals surface area (Å²) in [5.41, 5.74) is 4.15. The molecule has 0 saturated carbocycles. The van der Waals surface area contributed by atoms with E-state index in [0.29, 0.717) is 46.3 Å². The maximum absolute atomic E-state index is 12.9. The minimum Gasteiger partial charge on any atom is -0.435 e. The third kappa shape index (κ3) is 23.2. The van der Waals surface area contributed by atoms with Crippen LogP contribution < -0.4 is 0 Å². The van der Waals surface area contributed by atoms with E-state index in [4.69, 9.17) is 11.8 Å². The van der Waals surface area contributed by atoms with Crippen molar-refractivity contribution in [3.63, 3.8) is 0 Å². The van der Waals surface area contributed by atoms with Gasteiger partial charge in [0.1, 0.15) is 19.3 Å². The summed E-state index contributed by atoms with van der Waals surface area (Å²) in [6.07, 6.45) is 17.0. The van der Waals surface area contributed by atoms with Crippen LogP contribution in [0.5, 0.6) is 0 Å². The Morgan fingerprint density at radius 1 is 0.663 bits per heavy atom. The van der Waals surface area contributed by atoms with Gasteiger partial charge in [0, 0.05) is 142 Å². The van der Waals surface area contributed by atoms with Crippen LogP contribution in [-0.2, 0) is 144 Å². The van der Waals surface area contributed by atoms with E-state index in [-0.39, 0.29) is 118 Å².